The molecule has 0 saturated heterocycles. The Morgan fingerprint density at radius 1 is 1.47 bits per heavy atom. The van der Waals surface area contributed by atoms with Gasteiger partial charge in [-0.15, -0.1) is 0 Å². The zero-order chi connectivity index (χ0) is 10.7. The summed E-state index contributed by atoms with van der Waals surface area (Å²) in [6.07, 6.45) is 0.833. The molecule has 1 aromatic carbocycles. The minimum absolute atomic E-state index is 0.795. The summed E-state index contributed by atoms with van der Waals surface area (Å²) in [6, 6.07) is 5.86. The summed E-state index contributed by atoms with van der Waals surface area (Å²) in [7, 11) is 0. The van der Waals surface area contributed by atoms with Crippen LogP contribution in [0.5, 0.6) is 0 Å². The summed E-state index contributed by atoms with van der Waals surface area (Å²) in [5.74, 6) is 0.795. The predicted molar refractivity (Wildman–Crippen MR) is 64.0 cm³/mol. The Bertz CT molecular complexity index is 453. The van der Waals surface area contributed by atoms with Crippen molar-refractivity contribution in [3.05, 3.63) is 28.6 Å². The minimum Gasteiger partial charge on any atom is -0.441 e. The number of nitrogens with zero attached hydrogens (tertiary/aromatic N) is 1. The topological polar surface area (TPSA) is 38.1 Å². The van der Waals surface area contributed by atoms with E-state index in [2.05, 4.69) is 33.2 Å². The highest BCUT2D eigenvalue weighted by molar-refractivity contribution is 9.10. The maximum absolute atomic E-state index is 5.60. The number of likely N-dealkylation sites (N-methyl/N-ethyl adjacent to an activating group) is 1. The van der Waals surface area contributed by atoms with Gasteiger partial charge >= 0.3 is 0 Å². The molecule has 0 aliphatic rings. The van der Waals surface area contributed by atoms with Crippen molar-refractivity contribution in [2.24, 2.45) is 0 Å². The summed E-state index contributed by atoms with van der Waals surface area (Å²) in [4.78, 5) is 4.41. The van der Waals surface area contributed by atoms with Crippen molar-refractivity contribution in [3.63, 3.8) is 0 Å². The molecule has 2 aromatic rings. The lowest BCUT2D eigenvalue weighted by Gasteiger charge is -1.95. The summed E-state index contributed by atoms with van der Waals surface area (Å²) < 4.78 is 6.63. The number of oxazole rings is 1. The number of benzene rings is 1. The average Bonchev–Trinajstić information content (AvgIpc) is 2.60. The summed E-state index contributed by atoms with van der Waals surface area (Å²) in [6.45, 7) is 3.97. The van der Waals surface area contributed by atoms with Crippen molar-refractivity contribution < 1.29 is 4.42 Å². The van der Waals surface area contributed by atoms with E-state index in [0.717, 1.165) is 41.0 Å². The molecule has 80 valence electrons. The van der Waals surface area contributed by atoms with Crippen LogP contribution in [0.1, 0.15) is 12.8 Å². The van der Waals surface area contributed by atoms with Crippen LogP contribution in [0.3, 0.4) is 0 Å². The van der Waals surface area contributed by atoms with Crippen LogP contribution in [0.4, 0.5) is 0 Å². The average molecular weight is 269 g/mol. The van der Waals surface area contributed by atoms with Gasteiger partial charge < -0.3 is 9.73 Å². The van der Waals surface area contributed by atoms with Crippen LogP contribution in [-0.2, 0) is 6.42 Å². The molecule has 0 radical (unpaired) electrons. The van der Waals surface area contributed by atoms with E-state index in [9.17, 15) is 0 Å². The van der Waals surface area contributed by atoms with Gasteiger partial charge in [-0.2, -0.15) is 0 Å². The molecule has 4 heteroatoms. The largest absolute Gasteiger partial charge is 0.441 e. The van der Waals surface area contributed by atoms with Crippen molar-refractivity contribution in [2.45, 2.75) is 13.3 Å². The molecule has 0 spiro atoms. The van der Waals surface area contributed by atoms with Gasteiger partial charge in [0.1, 0.15) is 5.52 Å². The number of halogens is 1. The van der Waals surface area contributed by atoms with Crippen molar-refractivity contribution >= 4 is 27.0 Å². The van der Waals surface area contributed by atoms with Gasteiger partial charge in [-0.25, -0.2) is 4.98 Å². The molecule has 0 aliphatic heterocycles. The smallest absolute Gasteiger partial charge is 0.196 e. The minimum atomic E-state index is 0.795. The molecule has 0 aliphatic carbocycles. The number of aromatic nitrogens is 1. The number of nitrogens with one attached hydrogen (secondary N) is 1. The van der Waals surface area contributed by atoms with Crippen LogP contribution >= 0.6 is 15.9 Å². The molecular formula is C11H13BrN2O. The van der Waals surface area contributed by atoms with Gasteiger partial charge in [-0.05, 0) is 24.7 Å². The molecular weight excluding hydrogens is 256 g/mol. The molecule has 2 rings (SSSR count). The first-order valence-electron chi connectivity index (χ1n) is 5.05. The van der Waals surface area contributed by atoms with Crippen molar-refractivity contribution in [3.8, 4) is 0 Å². The number of hydrogen-bond acceptors (Lipinski definition) is 3. The predicted octanol–water partition coefficient (Wildman–Crippen LogP) is 2.74. The van der Waals surface area contributed by atoms with E-state index in [1.54, 1.807) is 0 Å². The number of fused-ring (bicyclic) bond motifs is 1. The molecule has 0 unspecified atom stereocenters. The van der Waals surface area contributed by atoms with Crippen LogP contribution < -0.4 is 5.32 Å². The molecule has 1 heterocycles. The summed E-state index contributed by atoms with van der Waals surface area (Å²) in [5.41, 5.74) is 1.76. The van der Waals surface area contributed by atoms with Gasteiger partial charge in [0.2, 0.25) is 0 Å². The molecule has 0 bridgehead atoms. The monoisotopic (exact) mass is 268 g/mol. The lowest BCUT2D eigenvalue weighted by atomic mass is 10.3. The van der Waals surface area contributed by atoms with Gasteiger partial charge in [-0.1, -0.05) is 22.9 Å². The second-order valence-electron chi connectivity index (χ2n) is 3.32. The first-order chi connectivity index (χ1) is 7.29. The molecule has 1 N–H and O–H groups in total. The fourth-order valence-electron chi connectivity index (χ4n) is 1.43. The highest BCUT2D eigenvalue weighted by Crippen LogP contribution is 2.20. The van der Waals surface area contributed by atoms with Gasteiger partial charge in [0.05, 0.1) is 0 Å². The molecule has 0 atom stereocenters. The summed E-state index contributed by atoms with van der Waals surface area (Å²) in [5, 5.41) is 3.24. The van der Waals surface area contributed by atoms with Crippen molar-refractivity contribution in [1.29, 1.82) is 0 Å². The van der Waals surface area contributed by atoms with E-state index < -0.39 is 0 Å². The highest BCUT2D eigenvalue weighted by Gasteiger charge is 2.04. The maximum Gasteiger partial charge on any atom is 0.196 e. The fraction of sp³-hybridized carbons (Fsp3) is 0.364. The molecule has 0 amide bonds. The normalized spacial score (nSPS) is 11.1. The number of rotatable bonds is 4. The van der Waals surface area contributed by atoms with Gasteiger partial charge in [0, 0.05) is 17.4 Å². The Morgan fingerprint density at radius 2 is 2.33 bits per heavy atom. The molecule has 0 saturated carbocycles. The molecule has 15 heavy (non-hydrogen) atoms. The van der Waals surface area contributed by atoms with Crippen LogP contribution in [0.15, 0.2) is 27.1 Å². The fourth-order valence-corrected chi connectivity index (χ4v) is 1.78. The SMILES string of the molecule is CCNCCc1nc2cc(Br)ccc2o1. The van der Waals surface area contributed by atoms with E-state index in [-0.39, 0.29) is 0 Å². The zero-order valence-corrected chi connectivity index (χ0v) is 10.2. The van der Waals surface area contributed by atoms with Gasteiger partial charge in [0.25, 0.3) is 0 Å². The van der Waals surface area contributed by atoms with Crippen molar-refractivity contribution in [2.75, 3.05) is 13.1 Å². The van der Waals surface area contributed by atoms with Crippen molar-refractivity contribution in [1.82, 2.24) is 10.3 Å². The van der Waals surface area contributed by atoms with Crippen LogP contribution in [0.2, 0.25) is 0 Å². The lowest BCUT2D eigenvalue weighted by Crippen LogP contribution is -2.16. The van der Waals surface area contributed by atoms with Crippen LogP contribution in [0, 0.1) is 0 Å². The Morgan fingerprint density at radius 3 is 3.13 bits per heavy atom. The first-order valence-corrected chi connectivity index (χ1v) is 5.84. The van der Waals surface area contributed by atoms with E-state index in [4.69, 9.17) is 4.42 Å². The second-order valence-corrected chi connectivity index (χ2v) is 4.24. The highest BCUT2D eigenvalue weighted by atomic mass is 79.9. The molecule has 1 aromatic heterocycles. The zero-order valence-electron chi connectivity index (χ0n) is 8.59. The Kier molecular flexibility index (Phi) is 3.38. The Labute approximate surface area is 97.0 Å². The van der Waals surface area contributed by atoms with E-state index in [1.807, 2.05) is 18.2 Å². The molecule has 0 fully saturated rings. The standard InChI is InChI=1S/C11H13BrN2O/c1-2-13-6-5-11-14-9-7-8(12)3-4-10(9)15-11/h3-4,7,13H,2,5-6H2,1H3. The second kappa shape index (κ2) is 4.77. The van der Waals surface area contributed by atoms with E-state index in [0.29, 0.717) is 0 Å². The third kappa shape index (κ3) is 2.58. The number of hydrogen-bond donors (Lipinski definition) is 1. The first kappa shape index (κ1) is 10.6. The third-order valence-electron chi connectivity index (χ3n) is 2.16. The Hall–Kier alpha value is -0.870. The maximum atomic E-state index is 5.60. The van der Waals surface area contributed by atoms with Gasteiger partial charge in [0.15, 0.2) is 11.5 Å². The quantitative estimate of drug-likeness (QED) is 0.867. The summed E-state index contributed by atoms with van der Waals surface area (Å²) >= 11 is 3.41. The molecule has 3 nitrogen and oxygen atoms in total. The van der Waals surface area contributed by atoms with Gasteiger partial charge in [-0.3, -0.25) is 0 Å². The van der Waals surface area contributed by atoms with Crippen LogP contribution in [0.25, 0.3) is 11.1 Å². The van der Waals surface area contributed by atoms with E-state index in [1.165, 1.54) is 0 Å². The van der Waals surface area contributed by atoms with E-state index >= 15 is 0 Å². The van der Waals surface area contributed by atoms with Crippen LogP contribution in [-0.4, -0.2) is 18.1 Å². The third-order valence-corrected chi connectivity index (χ3v) is 2.65. The Balaban J connectivity index is 2.16. The lowest BCUT2D eigenvalue weighted by molar-refractivity contribution is 0.517.